The summed E-state index contributed by atoms with van der Waals surface area (Å²) in [5.74, 6) is 0.208. The van der Waals surface area contributed by atoms with E-state index in [9.17, 15) is 9.59 Å². The molecule has 0 saturated carbocycles. The number of carbonyl (C=O) groups is 2. The van der Waals surface area contributed by atoms with Crippen LogP contribution in [-0.4, -0.2) is 16.0 Å². The highest BCUT2D eigenvalue weighted by molar-refractivity contribution is 8.18. The molecule has 0 unspecified atom stereocenters. The lowest BCUT2D eigenvalue weighted by molar-refractivity contribution is -0.123. The van der Waals surface area contributed by atoms with E-state index in [1.54, 1.807) is 36.4 Å². The maximum Gasteiger partial charge on any atom is 0.293 e. The number of amides is 2. The van der Waals surface area contributed by atoms with Crippen LogP contribution < -0.4 is 0 Å². The molecule has 106 valence electrons. The third-order valence-corrected chi connectivity index (χ3v) is 4.25. The van der Waals surface area contributed by atoms with Gasteiger partial charge in [-0.1, -0.05) is 29.8 Å². The van der Waals surface area contributed by atoms with Gasteiger partial charge < -0.3 is 4.42 Å². The Labute approximate surface area is 130 Å². The first kappa shape index (κ1) is 14.0. The number of hydrogen-bond acceptors (Lipinski definition) is 4. The maximum atomic E-state index is 12.3. The summed E-state index contributed by atoms with van der Waals surface area (Å²) in [6, 6.07) is 10.6. The smallest absolute Gasteiger partial charge is 0.293 e. The minimum absolute atomic E-state index is 0.167. The molecule has 21 heavy (non-hydrogen) atoms. The van der Waals surface area contributed by atoms with Crippen LogP contribution in [0.4, 0.5) is 4.79 Å². The Kier molecular flexibility index (Phi) is 3.86. The zero-order valence-corrected chi connectivity index (χ0v) is 12.4. The number of thioether (sulfide) groups is 1. The van der Waals surface area contributed by atoms with Gasteiger partial charge in [-0.05, 0) is 35.5 Å². The lowest BCUT2D eigenvalue weighted by Crippen LogP contribution is -2.27. The molecule has 0 spiro atoms. The molecule has 0 aliphatic carbocycles. The zero-order valence-electron chi connectivity index (χ0n) is 10.8. The molecule has 1 aromatic carbocycles. The van der Waals surface area contributed by atoms with Crippen molar-refractivity contribution in [1.82, 2.24) is 4.90 Å². The van der Waals surface area contributed by atoms with Gasteiger partial charge in [0, 0.05) is 11.1 Å². The van der Waals surface area contributed by atoms with E-state index < -0.39 is 0 Å². The third kappa shape index (κ3) is 2.89. The molecule has 3 rings (SSSR count). The number of imide groups is 1. The summed E-state index contributed by atoms with van der Waals surface area (Å²) in [5.41, 5.74) is 0.737. The van der Waals surface area contributed by atoms with Crippen LogP contribution in [0, 0.1) is 0 Å². The Morgan fingerprint density at radius 1 is 1.19 bits per heavy atom. The average molecular weight is 320 g/mol. The van der Waals surface area contributed by atoms with Gasteiger partial charge in [-0.3, -0.25) is 14.5 Å². The van der Waals surface area contributed by atoms with E-state index in [1.807, 2.05) is 6.07 Å². The van der Waals surface area contributed by atoms with Crippen LogP contribution in [0.1, 0.15) is 11.3 Å². The molecule has 2 aromatic rings. The third-order valence-electron chi connectivity index (χ3n) is 2.98. The predicted octanol–water partition coefficient (Wildman–Crippen LogP) is 4.17. The molecule has 1 aliphatic rings. The molecule has 1 aromatic heterocycles. The van der Waals surface area contributed by atoms with Crippen LogP contribution in [-0.2, 0) is 11.3 Å². The number of carbonyl (C=O) groups excluding carboxylic acids is 2. The molecule has 4 nitrogen and oxygen atoms in total. The monoisotopic (exact) mass is 319 g/mol. The first-order valence-corrected chi connectivity index (χ1v) is 7.37. The Morgan fingerprint density at radius 3 is 2.71 bits per heavy atom. The summed E-state index contributed by atoms with van der Waals surface area (Å²) >= 11 is 6.96. The van der Waals surface area contributed by atoms with E-state index in [0.717, 1.165) is 17.3 Å². The van der Waals surface area contributed by atoms with Crippen molar-refractivity contribution in [1.29, 1.82) is 0 Å². The number of hydrogen-bond donors (Lipinski definition) is 0. The zero-order chi connectivity index (χ0) is 14.8. The average Bonchev–Trinajstić information content (AvgIpc) is 3.05. The minimum atomic E-state index is -0.332. The largest absolute Gasteiger partial charge is 0.465 e. The summed E-state index contributed by atoms with van der Waals surface area (Å²) in [7, 11) is 0. The number of halogens is 1. The van der Waals surface area contributed by atoms with Crippen molar-refractivity contribution in [2.75, 3.05) is 0 Å². The number of benzene rings is 1. The van der Waals surface area contributed by atoms with Gasteiger partial charge in [0.1, 0.15) is 5.76 Å². The fourth-order valence-electron chi connectivity index (χ4n) is 1.94. The Bertz CT molecular complexity index is 724. The van der Waals surface area contributed by atoms with Gasteiger partial charge in [0.25, 0.3) is 11.1 Å². The number of furan rings is 1. The van der Waals surface area contributed by atoms with E-state index in [1.165, 1.54) is 11.2 Å². The standard InChI is InChI=1S/C15H10ClNO3S/c16-12-6-2-1-4-10(12)9-17-14(18)13(21-15(17)19)8-11-5-3-7-20-11/h1-8H,9H2/b13-8+. The highest BCUT2D eigenvalue weighted by Crippen LogP contribution is 2.34. The van der Waals surface area contributed by atoms with E-state index in [2.05, 4.69) is 0 Å². The summed E-state index contributed by atoms with van der Waals surface area (Å²) in [4.78, 5) is 25.8. The van der Waals surface area contributed by atoms with Gasteiger partial charge in [0.2, 0.25) is 0 Å². The molecule has 2 heterocycles. The van der Waals surface area contributed by atoms with Crippen LogP contribution in [0.5, 0.6) is 0 Å². The van der Waals surface area contributed by atoms with Gasteiger partial charge in [-0.15, -0.1) is 0 Å². The topological polar surface area (TPSA) is 50.5 Å². The van der Waals surface area contributed by atoms with Gasteiger partial charge in [-0.25, -0.2) is 0 Å². The van der Waals surface area contributed by atoms with Crippen LogP contribution >= 0.6 is 23.4 Å². The summed E-state index contributed by atoms with van der Waals surface area (Å²) < 4.78 is 5.16. The van der Waals surface area contributed by atoms with Crippen LogP contribution in [0.3, 0.4) is 0 Å². The minimum Gasteiger partial charge on any atom is -0.465 e. The van der Waals surface area contributed by atoms with Crippen LogP contribution in [0.25, 0.3) is 6.08 Å². The molecular formula is C15H10ClNO3S. The normalized spacial score (nSPS) is 17.0. The van der Waals surface area contributed by atoms with Crippen molar-refractivity contribution < 1.29 is 14.0 Å². The molecule has 0 N–H and O–H groups in total. The van der Waals surface area contributed by atoms with Gasteiger partial charge >= 0.3 is 0 Å². The Morgan fingerprint density at radius 2 is 2.00 bits per heavy atom. The van der Waals surface area contributed by atoms with Crippen molar-refractivity contribution in [2.24, 2.45) is 0 Å². The molecule has 1 fully saturated rings. The van der Waals surface area contributed by atoms with Crippen molar-refractivity contribution in [3.8, 4) is 0 Å². The molecule has 0 atom stereocenters. The lowest BCUT2D eigenvalue weighted by Gasteiger charge is -2.13. The van der Waals surface area contributed by atoms with E-state index in [-0.39, 0.29) is 17.7 Å². The summed E-state index contributed by atoms with van der Waals surface area (Å²) in [6.07, 6.45) is 3.08. The summed E-state index contributed by atoms with van der Waals surface area (Å²) in [6.45, 7) is 0.167. The van der Waals surface area contributed by atoms with E-state index >= 15 is 0 Å². The second kappa shape index (κ2) is 5.79. The second-order valence-electron chi connectivity index (χ2n) is 4.37. The van der Waals surface area contributed by atoms with Crippen molar-refractivity contribution in [3.05, 3.63) is 63.9 Å². The summed E-state index contributed by atoms with van der Waals surface area (Å²) in [5, 5.41) is 0.226. The molecule has 0 bridgehead atoms. The molecule has 6 heteroatoms. The van der Waals surface area contributed by atoms with Crippen LogP contribution in [0.2, 0.25) is 5.02 Å². The van der Waals surface area contributed by atoms with Gasteiger partial charge in [0.15, 0.2) is 0 Å². The van der Waals surface area contributed by atoms with E-state index in [4.69, 9.17) is 16.0 Å². The Hall–Kier alpha value is -1.98. The molecular weight excluding hydrogens is 310 g/mol. The molecule has 2 amide bonds. The van der Waals surface area contributed by atoms with Crippen molar-refractivity contribution in [2.45, 2.75) is 6.54 Å². The number of nitrogens with zero attached hydrogens (tertiary/aromatic N) is 1. The number of rotatable bonds is 3. The predicted molar refractivity (Wildman–Crippen MR) is 81.7 cm³/mol. The van der Waals surface area contributed by atoms with Gasteiger partial charge in [-0.2, -0.15) is 0 Å². The first-order valence-electron chi connectivity index (χ1n) is 6.17. The quantitative estimate of drug-likeness (QED) is 0.797. The van der Waals surface area contributed by atoms with E-state index in [0.29, 0.717) is 15.7 Å². The fraction of sp³-hybridized carbons (Fsp3) is 0.0667. The van der Waals surface area contributed by atoms with Crippen molar-refractivity contribution in [3.63, 3.8) is 0 Å². The highest BCUT2D eigenvalue weighted by atomic mass is 35.5. The van der Waals surface area contributed by atoms with Crippen molar-refractivity contribution >= 4 is 40.6 Å². The molecule has 1 aliphatic heterocycles. The highest BCUT2D eigenvalue weighted by Gasteiger charge is 2.35. The first-order chi connectivity index (χ1) is 10.1. The maximum absolute atomic E-state index is 12.3. The lowest BCUT2D eigenvalue weighted by atomic mass is 10.2. The Balaban J connectivity index is 1.83. The SMILES string of the molecule is O=C1S/C(=C/c2ccco2)C(=O)N1Cc1ccccc1Cl. The fourth-order valence-corrected chi connectivity index (χ4v) is 2.95. The van der Waals surface area contributed by atoms with Crippen LogP contribution in [0.15, 0.2) is 52.0 Å². The second-order valence-corrected chi connectivity index (χ2v) is 5.78. The van der Waals surface area contributed by atoms with Gasteiger partial charge in [0.05, 0.1) is 17.7 Å². The molecule has 1 saturated heterocycles. The molecule has 0 radical (unpaired) electrons.